The van der Waals surface area contributed by atoms with E-state index >= 15 is 0 Å². The molecule has 1 unspecified atom stereocenters. The third-order valence-corrected chi connectivity index (χ3v) is 5.60. The summed E-state index contributed by atoms with van der Waals surface area (Å²) in [5.41, 5.74) is 1.06. The molecule has 0 spiro atoms. The topological polar surface area (TPSA) is 85.8 Å². The molecule has 2 fully saturated rings. The van der Waals surface area contributed by atoms with E-state index in [-0.39, 0.29) is 24.4 Å². The minimum absolute atomic E-state index is 0.0691. The standard InChI is InChI=1S/C22H33N5O2/c1-2-23-22(25-15-20(28)24-14-17-8-4-3-5-9-17)26-19-12-13-27(16-19)21(29)18-10-6-7-11-18/h3-5,8-9,18-19H,2,6-7,10-16H2,1H3,(H,24,28)(H2,23,25,26). The summed E-state index contributed by atoms with van der Waals surface area (Å²) in [6.45, 7) is 4.79. The van der Waals surface area contributed by atoms with Crippen molar-refractivity contribution in [1.29, 1.82) is 0 Å². The van der Waals surface area contributed by atoms with Gasteiger partial charge in [0.2, 0.25) is 11.8 Å². The van der Waals surface area contributed by atoms with Gasteiger partial charge in [-0.3, -0.25) is 9.59 Å². The largest absolute Gasteiger partial charge is 0.357 e. The first-order valence-electron chi connectivity index (χ1n) is 10.8. The Kier molecular flexibility index (Phi) is 7.90. The van der Waals surface area contributed by atoms with Crippen LogP contribution in [0.1, 0.15) is 44.6 Å². The maximum absolute atomic E-state index is 12.6. The number of nitrogens with one attached hydrogen (secondary N) is 3. The molecule has 1 aromatic carbocycles. The third kappa shape index (κ3) is 6.48. The molecule has 0 bridgehead atoms. The molecule has 7 heteroatoms. The van der Waals surface area contributed by atoms with Crippen molar-refractivity contribution >= 4 is 17.8 Å². The Morgan fingerprint density at radius 1 is 1.10 bits per heavy atom. The average molecular weight is 400 g/mol. The van der Waals surface area contributed by atoms with Gasteiger partial charge in [0.1, 0.15) is 6.54 Å². The van der Waals surface area contributed by atoms with E-state index in [1.54, 1.807) is 0 Å². The lowest BCUT2D eigenvalue weighted by atomic mass is 10.1. The molecule has 1 aliphatic heterocycles. The Morgan fingerprint density at radius 3 is 2.59 bits per heavy atom. The van der Waals surface area contributed by atoms with Crippen molar-refractivity contribution in [2.24, 2.45) is 10.9 Å². The van der Waals surface area contributed by atoms with Crippen LogP contribution in [-0.4, -0.2) is 54.9 Å². The van der Waals surface area contributed by atoms with Gasteiger partial charge in [-0.1, -0.05) is 43.2 Å². The van der Waals surface area contributed by atoms with Gasteiger partial charge in [0.05, 0.1) is 0 Å². The van der Waals surface area contributed by atoms with Crippen molar-refractivity contribution in [3.05, 3.63) is 35.9 Å². The lowest BCUT2D eigenvalue weighted by molar-refractivity contribution is -0.134. The lowest BCUT2D eigenvalue weighted by Crippen LogP contribution is -2.46. The van der Waals surface area contributed by atoms with Crippen molar-refractivity contribution < 1.29 is 9.59 Å². The number of benzene rings is 1. The molecule has 1 aromatic rings. The summed E-state index contributed by atoms with van der Waals surface area (Å²) in [6, 6.07) is 9.99. The van der Waals surface area contributed by atoms with E-state index in [9.17, 15) is 9.59 Å². The number of hydrogen-bond acceptors (Lipinski definition) is 3. The molecule has 1 saturated heterocycles. The highest BCUT2D eigenvalue weighted by molar-refractivity contribution is 5.85. The van der Waals surface area contributed by atoms with Crippen LogP contribution in [0.2, 0.25) is 0 Å². The molecule has 0 radical (unpaired) electrons. The normalized spacial score (nSPS) is 20.0. The van der Waals surface area contributed by atoms with E-state index in [1.807, 2.05) is 42.2 Å². The summed E-state index contributed by atoms with van der Waals surface area (Å²) in [4.78, 5) is 31.1. The lowest BCUT2D eigenvalue weighted by Gasteiger charge is -2.21. The van der Waals surface area contributed by atoms with Crippen LogP contribution >= 0.6 is 0 Å². The van der Waals surface area contributed by atoms with Crippen LogP contribution in [0.15, 0.2) is 35.3 Å². The van der Waals surface area contributed by atoms with E-state index in [0.717, 1.165) is 37.9 Å². The fourth-order valence-corrected chi connectivity index (χ4v) is 4.03. The zero-order valence-electron chi connectivity index (χ0n) is 17.3. The summed E-state index contributed by atoms with van der Waals surface area (Å²) in [6.07, 6.45) is 5.33. The zero-order chi connectivity index (χ0) is 20.5. The minimum Gasteiger partial charge on any atom is -0.357 e. The first kappa shape index (κ1) is 21.1. The Hall–Kier alpha value is -2.57. The van der Waals surface area contributed by atoms with Gasteiger partial charge in [0, 0.05) is 38.1 Å². The van der Waals surface area contributed by atoms with Crippen molar-refractivity contribution in [3.63, 3.8) is 0 Å². The summed E-state index contributed by atoms with van der Waals surface area (Å²) >= 11 is 0. The quantitative estimate of drug-likeness (QED) is 0.481. The summed E-state index contributed by atoms with van der Waals surface area (Å²) < 4.78 is 0. The van der Waals surface area contributed by atoms with Gasteiger partial charge in [-0.25, -0.2) is 4.99 Å². The molecule has 1 aliphatic carbocycles. The Balaban J connectivity index is 1.45. The summed E-state index contributed by atoms with van der Waals surface area (Å²) in [5.74, 6) is 1.05. The first-order valence-corrected chi connectivity index (χ1v) is 10.8. The third-order valence-electron chi connectivity index (χ3n) is 5.60. The van der Waals surface area contributed by atoms with Crippen molar-refractivity contribution in [3.8, 4) is 0 Å². The zero-order valence-corrected chi connectivity index (χ0v) is 17.3. The van der Waals surface area contributed by atoms with Crippen LogP contribution < -0.4 is 16.0 Å². The van der Waals surface area contributed by atoms with Crippen LogP contribution in [-0.2, 0) is 16.1 Å². The van der Waals surface area contributed by atoms with Crippen LogP contribution in [0.25, 0.3) is 0 Å². The number of rotatable bonds is 7. The fourth-order valence-electron chi connectivity index (χ4n) is 4.03. The van der Waals surface area contributed by atoms with Crippen LogP contribution in [0, 0.1) is 5.92 Å². The van der Waals surface area contributed by atoms with Crippen LogP contribution in [0.5, 0.6) is 0 Å². The molecule has 158 valence electrons. The van der Waals surface area contributed by atoms with E-state index < -0.39 is 0 Å². The second-order valence-corrected chi connectivity index (χ2v) is 7.85. The number of aliphatic imine (C=N–C) groups is 1. The molecule has 3 N–H and O–H groups in total. The molecular weight excluding hydrogens is 366 g/mol. The minimum atomic E-state index is -0.115. The molecular formula is C22H33N5O2. The highest BCUT2D eigenvalue weighted by Gasteiger charge is 2.32. The number of nitrogens with zero attached hydrogens (tertiary/aromatic N) is 2. The number of carbonyl (C=O) groups excluding carboxylic acids is 2. The second kappa shape index (κ2) is 10.8. The Bertz CT molecular complexity index is 700. The maximum Gasteiger partial charge on any atom is 0.242 e. The van der Waals surface area contributed by atoms with Crippen molar-refractivity contribution in [2.75, 3.05) is 26.2 Å². The summed E-state index contributed by atoms with van der Waals surface area (Å²) in [7, 11) is 0. The fraction of sp³-hybridized carbons (Fsp3) is 0.591. The van der Waals surface area contributed by atoms with Gasteiger partial charge in [-0.2, -0.15) is 0 Å². The SMILES string of the molecule is CCNC(=NCC(=O)NCc1ccccc1)NC1CCN(C(=O)C2CCCC2)C1. The number of guanidine groups is 1. The van der Waals surface area contributed by atoms with Gasteiger partial charge in [-0.15, -0.1) is 0 Å². The number of carbonyl (C=O) groups is 2. The molecule has 2 amide bonds. The Morgan fingerprint density at radius 2 is 1.86 bits per heavy atom. The predicted molar refractivity (Wildman–Crippen MR) is 114 cm³/mol. The smallest absolute Gasteiger partial charge is 0.242 e. The van der Waals surface area contributed by atoms with Gasteiger partial charge in [0.25, 0.3) is 0 Å². The van der Waals surface area contributed by atoms with Gasteiger partial charge < -0.3 is 20.9 Å². The second-order valence-electron chi connectivity index (χ2n) is 7.85. The highest BCUT2D eigenvalue weighted by atomic mass is 16.2. The summed E-state index contributed by atoms with van der Waals surface area (Å²) in [5, 5.41) is 9.47. The molecule has 1 heterocycles. The molecule has 1 atom stereocenters. The predicted octanol–water partition coefficient (Wildman–Crippen LogP) is 1.65. The molecule has 3 rings (SSSR count). The Labute approximate surface area is 173 Å². The van der Waals surface area contributed by atoms with Crippen molar-refractivity contribution in [1.82, 2.24) is 20.9 Å². The van der Waals surface area contributed by atoms with Gasteiger partial charge in [-0.05, 0) is 31.7 Å². The molecule has 7 nitrogen and oxygen atoms in total. The van der Waals surface area contributed by atoms with E-state index in [2.05, 4.69) is 20.9 Å². The molecule has 1 saturated carbocycles. The van der Waals surface area contributed by atoms with Crippen LogP contribution in [0.3, 0.4) is 0 Å². The molecule has 0 aromatic heterocycles. The molecule has 2 aliphatic rings. The average Bonchev–Trinajstić information content (AvgIpc) is 3.43. The van der Waals surface area contributed by atoms with Gasteiger partial charge in [0.15, 0.2) is 5.96 Å². The molecule has 29 heavy (non-hydrogen) atoms. The van der Waals surface area contributed by atoms with E-state index in [1.165, 1.54) is 12.8 Å². The van der Waals surface area contributed by atoms with Crippen molar-refractivity contribution in [2.45, 2.75) is 51.6 Å². The first-order chi connectivity index (χ1) is 14.2. The maximum atomic E-state index is 12.6. The highest BCUT2D eigenvalue weighted by Crippen LogP contribution is 2.27. The van der Waals surface area contributed by atoms with Crippen LogP contribution in [0.4, 0.5) is 0 Å². The number of likely N-dealkylation sites (tertiary alicyclic amines) is 1. The van der Waals surface area contributed by atoms with Gasteiger partial charge >= 0.3 is 0 Å². The number of amides is 2. The monoisotopic (exact) mass is 399 g/mol. The number of hydrogen-bond donors (Lipinski definition) is 3. The van der Waals surface area contributed by atoms with E-state index in [4.69, 9.17) is 0 Å². The van der Waals surface area contributed by atoms with E-state index in [0.29, 0.717) is 25.0 Å².